The Balaban J connectivity index is 2.04. The van der Waals surface area contributed by atoms with Crippen molar-refractivity contribution >= 4 is 60.1 Å². The highest BCUT2D eigenvalue weighted by Gasteiger charge is 2.24. The van der Waals surface area contributed by atoms with E-state index in [4.69, 9.17) is 15.7 Å². The maximum atomic E-state index is 12.5. The fourth-order valence-electron chi connectivity index (χ4n) is 3.07. The van der Waals surface area contributed by atoms with Crippen molar-refractivity contribution in [1.29, 1.82) is 0 Å². The van der Waals surface area contributed by atoms with Gasteiger partial charge in [0.2, 0.25) is 10.0 Å². The summed E-state index contributed by atoms with van der Waals surface area (Å²) in [6.45, 7) is -2.28. The monoisotopic (exact) mass is 505 g/mol. The average molecular weight is 506 g/mol. The van der Waals surface area contributed by atoms with Crippen LogP contribution >= 0.6 is 11.6 Å². The molecule has 0 spiro atoms. The Morgan fingerprint density at radius 1 is 1.22 bits per heavy atom. The molecule has 0 aliphatic carbocycles. The van der Waals surface area contributed by atoms with Crippen molar-refractivity contribution in [3.05, 3.63) is 35.1 Å². The molecule has 174 valence electrons. The van der Waals surface area contributed by atoms with Crippen molar-refractivity contribution in [2.45, 2.75) is 0 Å². The third-order valence-corrected chi connectivity index (χ3v) is 7.88. The first kappa shape index (κ1) is 20.0. The van der Waals surface area contributed by atoms with Gasteiger partial charge in [0.15, 0.2) is 20.7 Å². The van der Waals surface area contributed by atoms with Gasteiger partial charge in [0.05, 0.1) is 34.8 Å². The molecule has 3 rings (SSSR count). The van der Waals surface area contributed by atoms with Gasteiger partial charge in [-0.2, -0.15) is 0 Å². The topological polar surface area (TPSA) is 142 Å². The highest BCUT2D eigenvalue weighted by atomic mass is 35.5. The van der Waals surface area contributed by atoms with E-state index in [2.05, 4.69) is 15.5 Å². The molecule has 1 fully saturated rings. The van der Waals surface area contributed by atoms with E-state index >= 15 is 0 Å². The lowest BCUT2D eigenvalue weighted by Gasteiger charge is -2.30. The van der Waals surface area contributed by atoms with Crippen LogP contribution in [-0.2, 0) is 19.9 Å². The van der Waals surface area contributed by atoms with Gasteiger partial charge in [-0.15, -0.1) is 10.2 Å². The fraction of sp³-hybridized carbons (Fsp3) is 0.389. The third kappa shape index (κ3) is 5.40. The second-order valence-electron chi connectivity index (χ2n) is 7.08. The number of hydrogen-bond acceptors (Lipinski definition) is 9. The number of carbonyl (C=O) groups excluding carboxylic acids is 1. The number of amides is 1. The predicted octanol–water partition coefficient (Wildman–Crippen LogP) is 0.864. The number of hydrogen-bond donors (Lipinski definition) is 2. The van der Waals surface area contributed by atoms with Crippen LogP contribution in [0.5, 0.6) is 0 Å². The Labute approximate surface area is 195 Å². The molecule has 2 N–H and O–H groups in total. The van der Waals surface area contributed by atoms with Crippen molar-refractivity contribution in [3.63, 3.8) is 0 Å². The standard InChI is InChI=1S/C18H23ClN6O5S2/c1-20-18(26)17-14(11-16(19)22-23-17)21-13-5-4-12(10-15(13)24(2)31(3,27)28)25-6-8-32(29,30)9-7-25/h4-5,10-11H,6-9H2,1-3H3,(H,20,26)(H,21,22)/i1D3. The minimum atomic E-state index is -3.72. The van der Waals surface area contributed by atoms with Crippen molar-refractivity contribution in [2.75, 3.05) is 59.4 Å². The van der Waals surface area contributed by atoms with Crippen LogP contribution in [0.15, 0.2) is 24.3 Å². The first-order valence-corrected chi connectivity index (χ1v) is 13.3. The van der Waals surface area contributed by atoms with E-state index in [0.29, 0.717) is 5.69 Å². The molecule has 1 aromatic heterocycles. The number of sulfone groups is 1. The molecular formula is C18H23ClN6O5S2. The molecule has 0 saturated carbocycles. The van der Waals surface area contributed by atoms with Crippen LogP contribution in [0.2, 0.25) is 5.15 Å². The van der Waals surface area contributed by atoms with Gasteiger partial charge in [0.25, 0.3) is 5.91 Å². The molecule has 0 radical (unpaired) electrons. The Hall–Kier alpha value is -2.64. The van der Waals surface area contributed by atoms with E-state index in [9.17, 15) is 21.6 Å². The lowest BCUT2D eigenvalue weighted by molar-refractivity contribution is 0.0958. The molecule has 1 saturated heterocycles. The zero-order valence-corrected chi connectivity index (χ0v) is 19.6. The molecule has 2 aromatic rings. The third-order valence-electron chi connectivity index (χ3n) is 4.89. The van der Waals surface area contributed by atoms with Crippen LogP contribution in [-0.4, -0.2) is 77.8 Å². The summed E-state index contributed by atoms with van der Waals surface area (Å²) >= 11 is 5.93. The molecule has 0 atom stereocenters. The van der Waals surface area contributed by atoms with Crippen molar-refractivity contribution in [2.24, 2.45) is 0 Å². The second-order valence-corrected chi connectivity index (χ2v) is 11.8. The van der Waals surface area contributed by atoms with Gasteiger partial charge < -0.3 is 15.5 Å². The molecule has 11 nitrogen and oxygen atoms in total. The summed E-state index contributed by atoms with van der Waals surface area (Å²) in [5.41, 5.74) is 0.643. The summed E-state index contributed by atoms with van der Waals surface area (Å²) in [6.07, 6.45) is 1.01. The number of nitrogens with one attached hydrogen (secondary N) is 2. The zero-order chi connectivity index (χ0) is 26.2. The van der Waals surface area contributed by atoms with Crippen LogP contribution in [0, 0.1) is 0 Å². The molecule has 0 bridgehead atoms. The SMILES string of the molecule is [2H]C([2H])([2H])NC(=O)c1nnc(Cl)cc1Nc1ccc(N2CCS(=O)(=O)CC2)cc1N(C)S(C)(=O)=O. The van der Waals surface area contributed by atoms with Crippen molar-refractivity contribution < 1.29 is 25.7 Å². The molecule has 0 unspecified atom stereocenters. The maximum Gasteiger partial charge on any atom is 0.273 e. The molecule has 1 amide bonds. The zero-order valence-electron chi connectivity index (χ0n) is 20.2. The molecule has 32 heavy (non-hydrogen) atoms. The number of carbonyl (C=O) groups is 1. The van der Waals surface area contributed by atoms with Crippen molar-refractivity contribution in [3.8, 4) is 0 Å². The molecule has 1 aliphatic heterocycles. The Morgan fingerprint density at radius 3 is 2.53 bits per heavy atom. The molecule has 1 aromatic carbocycles. The van der Waals surface area contributed by atoms with Gasteiger partial charge in [-0.25, -0.2) is 16.8 Å². The van der Waals surface area contributed by atoms with Gasteiger partial charge >= 0.3 is 0 Å². The first-order valence-electron chi connectivity index (χ1n) is 10.7. The van der Waals surface area contributed by atoms with Crippen LogP contribution in [0.3, 0.4) is 0 Å². The summed E-state index contributed by atoms with van der Waals surface area (Å²) in [6, 6.07) is 6.03. The lowest BCUT2D eigenvalue weighted by atomic mass is 10.2. The average Bonchev–Trinajstić information content (AvgIpc) is 2.72. The van der Waals surface area contributed by atoms with E-state index in [0.717, 1.165) is 10.6 Å². The summed E-state index contributed by atoms with van der Waals surface area (Å²) < 4.78 is 71.0. The highest BCUT2D eigenvalue weighted by molar-refractivity contribution is 7.92. The Bertz CT molecular complexity index is 1340. The Morgan fingerprint density at radius 2 is 1.91 bits per heavy atom. The van der Waals surface area contributed by atoms with E-state index in [1.54, 1.807) is 18.2 Å². The quantitative estimate of drug-likeness (QED) is 0.584. The minimum absolute atomic E-state index is 0.00767. The van der Waals surface area contributed by atoms with Gasteiger partial charge in [-0.05, 0) is 18.2 Å². The largest absolute Gasteiger partial charge is 0.369 e. The molecule has 2 heterocycles. The Kier molecular flexibility index (Phi) is 5.67. The van der Waals surface area contributed by atoms with Gasteiger partial charge in [-0.1, -0.05) is 11.6 Å². The van der Waals surface area contributed by atoms with E-state index in [1.165, 1.54) is 13.1 Å². The molecule has 1 aliphatic rings. The normalized spacial score (nSPS) is 17.6. The van der Waals surface area contributed by atoms with E-state index < -0.39 is 32.7 Å². The second kappa shape index (κ2) is 9.08. The maximum absolute atomic E-state index is 12.5. The number of benzene rings is 1. The number of nitrogens with zero attached hydrogens (tertiary/aromatic N) is 4. The number of rotatable bonds is 6. The van der Waals surface area contributed by atoms with E-state index in [1.807, 2.05) is 10.2 Å². The molecule has 14 heteroatoms. The summed E-state index contributed by atoms with van der Waals surface area (Å²) in [7, 11) is -5.51. The minimum Gasteiger partial charge on any atom is -0.369 e. The number of sulfonamides is 1. The smallest absolute Gasteiger partial charge is 0.273 e. The van der Waals surface area contributed by atoms with Crippen LogP contribution in [0.1, 0.15) is 14.6 Å². The van der Waals surface area contributed by atoms with Crippen LogP contribution < -0.4 is 19.8 Å². The van der Waals surface area contributed by atoms with Crippen LogP contribution in [0.4, 0.5) is 22.7 Å². The number of anilines is 4. The van der Waals surface area contributed by atoms with E-state index in [-0.39, 0.29) is 52.5 Å². The first-order chi connectivity index (χ1) is 16.1. The molecular weight excluding hydrogens is 480 g/mol. The summed E-state index contributed by atoms with van der Waals surface area (Å²) in [4.78, 5) is 14.3. The lowest BCUT2D eigenvalue weighted by Crippen LogP contribution is -2.40. The van der Waals surface area contributed by atoms with Crippen LogP contribution in [0.25, 0.3) is 0 Å². The van der Waals surface area contributed by atoms with Gasteiger partial charge in [0.1, 0.15) is 0 Å². The summed E-state index contributed by atoms with van der Waals surface area (Å²) in [5.74, 6) is -1.08. The highest BCUT2D eigenvalue weighted by Crippen LogP contribution is 2.35. The predicted molar refractivity (Wildman–Crippen MR) is 124 cm³/mol. The van der Waals surface area contributed by atoms with Crippen molar-refractivity contribution in [1.82, 2.24) is 15.5 Å². The van der Waals surface area contributed by atoms with Gasteiger partial charge in [0, 0.05) is 43.0 Å². The number of halogens is 1. The van der Waals surface area contributed by atoms with Gasteiger partial charge in [-0.3, -0.25) is 9.10 Å². The summed E-state index contributed by atoms with van der Waals surface area (Å²) in [5, 5.41) is 11.9. The fourth-order valence-corrected chi connectivity index (χ4v) is 4.92. The number of aromatic nitrogens is 2.